The third kappa shape index (κ3) is 1.36. The second-order valence-electron chi connectivity index (χ2n) is 3.96. The molecule has 3 aromatic rings. The highest BCUT2D eigenvalue weighted by Crippen LogP contribution is 2.30. The van der Waals surface area contributed by atoms with Gasteiger partial charge in [0.15, 0.2) is 0 Å². The van der Waals surface area contributed by atoms with E-state index in [9.17, 15) is 0 Å². The number of aromatic nitrogens is 1. The van der Waals surface area contributed by atoms with Gasteiger partial charge in [0.25, 0.3) is 0 Å². The molecule has 2 aromatic carbocycles. The maximum atomic E-state index is 6.39. The van der Waals surface area contributed by atoms with Gasteiger partial charge in [0.1, 0.15) is 0 Å². The van der Waals surface area contributed by atoms with Crippen molar-refractivity contribution in [1.29, 1.82) is 0 Å². The average Bonchev–Trinajstić information content (AvgIpc) is 2.29. The van der Waals surface area contributed by atoms with Gasteiger partial charge in [-0.15, -0.1) is 0 Å². The predicted octanol–water partition coefficient (Wildman–Crippen LogP) is 4.35. The molecule has 1 nitrogen and oxygen atoms in total. The molecule has 0 saturated heterocycles. The predicted molar refractivity (Wildman–Crippen MR) is 69.0 cm³/mol. The van der Waals surface area contributed by atoms with E-state index in [0.29, 0.717) is 0 Å². The first kappa shape index (κ1) is 9.61. The molecule has 0 bridgehead atoms. The highest BCUT2D eigenvalue weighted by Gasteiger charge is 2.06. The summed E-state index contributed by atoms with van der Waals surface area (Å²) in [6, 6.07) is 14.1. The first-order valence-electron chi connectivity index (χ1n) is 5.20. The molecule has 1 aromatic heterocycles. The Hall–Kier alpha value is -1.60. The van der Waals surface area contributed by atoms with Gasteiger partial charge in [0.05, 0.1) is 16.1 Å². The molecule has 3 rings (SSSR count). The van der Waals surface area contributed by atoms with E-state index < -0.39 is 0 Å². The van der Waals surface area contributed by atoms with Gasteiger partial charge in [-0.3, -0.25) is 0 Å². The van der Waals surface area contributed by atoms with Gasteiger partial charge in [-0.1, -0.05) is 41.9 Å². The second kappa shape index (κ2) is 3.46. The SMILES string of the molecule is Cc1ccc2c(Cl)c3ccccc3nc2c1. The first-order chi connectivity index (χ1) is 7.75. The molecular formula is C14H10ClN. The van der Waals surface area contributed by atoms with Crippen molar-refractivity contribution >= 4 is 33.4 Å². The Labute approximate surface area is 98.7 Å². The summed E-state index contributed by atoms with van der Waals surface area (Å²) in [4.78, 5) is 4.61. The summed E-state index contributed by atoms with van der Waals surface area (Å²) in [5.41, 5.74) is 3.11. The van der Waals surface area contributed by atoms with Crippen molar-refractivity contribution < 1.29 is 0 Å². The van der Waals surface area contributed by atoms with Gasteiger partial charge < -0.3 is 0 Å². The lowest BCUT2D eigenvalue weighted by Gasteiger charge is -2.05. The van der Waals surface area contributed by atoms with Crippen LogP contribution in [0.1, 0.15) is 5.56 Å². The van der Waals surface area contributed by atoms with Gasteiger partial charge in [-0.2, -0.15) is 0 Å². The van der Waals surface area contributed by atoms with Crippen LogP contribution in [0.5, 0.6) is 0 Å². The Balaban J connectivity index is 2.55. The van der Waals surface area contributed by atoms with Crippen LogP contribution in [0, 0.1) is 6.92 Å². The zero-order valence-electron chi connectivity index (χ0n) is 8.87. The van der Waals surface area contributed by atoms with E-state index in [2.05, 4.69) is 24.0 Å². The fourth-order valence-electron chi connectivity index (χ4n) is 1.95. The number of fused-ring (bicyclic) bond motifs is 2. The Morgan fingerprint density at radius 3 is 2.56 bits per heavy atom. The highest BCUT2D eigenvalue weighted by atomic mass is 35.5. The van der Waals surface area contributed by atoms with Gasteiger partial charge in [-0.25, -0.2) is 4.98 Å². The Kier molecular flexibility index (Phi) is 2.08. The number of aryl methyl sites for hydroxylation is 1. The van der Waals surface area contributed by atoms with E-state index in [0.717, 1.165) is 26.8 Å². The molecule has 0 spiro atoms. The van der Waals surface area contributed by atoms with E-state index >= 15 is 0 Å². The Morgan fingerprint density at radius 1 is 0.938 bits per heavy atom. The van der Waals surface area contributed by atoms with E-state index in [1.807, 2.05) is 30.3 Å². The van der Waals surface area contributed by atoms with E-state index in [4.69, 9.17) is 11.6 Å². The molecule has 0 N–H and O–H groups in total. The molecule has 0 unspecified atom stereocenters. The standard InChI is InChI=1S/C14H10ClN/c1-9-6-7-11-13(8-9)16-12-5-3-2-4-10(12)14(11)15/h2-8H,1H3. The molecule has 78 valence electrons. The van der Waals surface area contributed by atoms with Crippen molar-refractivity contribution in [2.45, 2.75) is 6.92 Å². The number of pyridine rings is 1. The summed E-state index contributed by atoms with van der Waals surface area (Å²) in [7, 11) is 0. The van der Waals surface area contributed by atoms with Crippen molar-refractivity contribution in [1.82, 2.24) is 4.98 Å². The minimum atomic E-state index is 0.792. The normalized spacial score (nSPS) is 11.1. The van der Waals surface area contributed by atoms with Gasteiger partial charge in [-0.05, 0) is 24.6 Å². The summed E-state index contributed by atoms with van der Waals surface area (Å²) in [5, 5.41) is 2.83. The van der Waals surface area contributed by atoms with Crippen molar-refractivity contribution in [3.8, 4) is 0 Å². The largest absolute Gasteiger partial charge is 0.248 e. The van der Waals surface area contributed by atoms with Crippen LogP contribution in [0.4, 0.5) is 0 Å². The molecule has 0 atom stereocenters. The fraction of sp³-hybridized carbons (Fsp3) is 0.0714. The number of rotatable bonds is 0. The molecule has 1 heterocycles. The molecule has 0 aliphatic rings. The zero-order chi connectivity index (χ0) is 11.1. The molecular weight excluding hydrogens is 218 g/mol. The van der Waals surface area contributed by atoms with Gasteiger partial charge >= 0.3 is 0 Å². The van der Waals surface area contributed by atoms with Crippen LogP contribution in [0.3, 0.4) is 0 Å². The molecule has 0 amide bonds. The maximum Gasteiger partial charge on any atom is 0.0727 e. The minimum Gasteiger partial charge on any atom is -0.248 e. The van der Waals surface area contributed by atoms with Crippen LogP contribution in [0.25, 0.3) is 21.8 Å². The monoisotopic (exact) mass is 227 g/mol. The van der Waals surface area contributed by atoms with Crippen molar-refractivity contribution in [3.63, 3.8) is 0 Å². The lowest BCUT2D eigenvalue weighted by atomic mass is 10.1. The third-order valence-corrected chi connectivity index (χ3v) is 3.18. The quantitative estimate of drug-likeness (QED) is 0.521. The molecule has 16 heavy (non-hydrogen) atoms. The first-order valence-corrected chi connectivity index (χ1v) is 5.58. The van der Waals surface area contributed by atoms with Crippen LogP contribution in [0.15, 0.2) is 42.5 Å². The number of benzene rings is 2. The van der Waals surface area contributed by atoms with Crippen molar-refractivity contribution in [2.75, 3.05) is 0 Å². The molecule has 0 aliphatic heterocycles. The third-order valence-electron chi connectivity index (χ3n) is 2.77. The number of hydrogen-bond acceptors (Lipinski definition) is 1. The second-order valence-corrected chi connectivity index (χ2v) is 4.34. The molecule has 0 saturated carbocycles. The van der Waals surface area contributed by atoms with E-state index in [-0.39, 0.29) is 0 Å². The molecule has 0 radical (unpaired) electrons. The average molecular weight is 228 g/mol. The molecule has 2 heteroatoms. The van der Waals surface area contributed by atoms with Crippen LogP contribution >= 0.6 is 11.6 Å². The summed E-state index contributed by atoms with van der Waals surface area (Å²) in [6.45, 7) is 2.06. The van der Waals surface area contributed by atoms with Crippen LogP contribution in [0.2, 0.25) is 5.02 Å². The highest BCUT2D eigenvalue weighted by molar-refractivity contribution is 6.40. The lowest BCUT2D eigenvalue weighted by molar-refractivity contribution is 1.44. The van der Waals surface area contributed by atoms with E-state index in [1.165, 1.54) is 5.56 Å². The molecule has 0 fully saturated rings. The number of para-hydroxylation sites is 1. The summed E-state index contributed by atoms with van der Waals surface area (Å²) in [5.74, 6) is 0. The Bertz CT molecular complexity index is 689. The lowest BCUT2D eigenvalue weighted by Crippen LogP contribution is -1.85. The smallest absolute Gasteiger partial charge is 0.0727 e. The van der Waals surface area contributed by atoms with Crippen molar-refractivity contribution in [3.05, 3.63) is 53.1 Å². The van der Waals surface area contributed by atoms with Crippen LogP contribution in [-0.2, 0) is 0 Å². The molecule has 0 aliphatic carbocycles. The van der Waals surface area contributed by atoms with Crippen LogP contribution in [-0.4, -0.2) is 4.98 Å². The summed E-state index contributed by atoms with van der Waals surface area (Å²) < 4.78 is 0. The number of nitrogens with zero attached hydrogens (tertiary/aromatic N) is 1. The summed E-state index contributed by atoms with van der Waals surface area (Å²) in [6.07, 6.45) is 0. The van der Waals surface area contributed by atoms with Gasteiger partial charge in [0.2, 0.25) is 0 Å². The minimum absolute atomic E-state index is 0.792. The van der Waals surface area contributed by atoms with Gasteiger partial charge in [0, 0.05) is 10.8 Å². The Morgan fingerprint density at radius 2 is 1.69 bits per heavy atom. The topological polar surface area (TPSA) is 12.9 Å². The van der Waals surface area contributed by atoms with Crippen LogP contribution < -0.4 is 0 Å². The number of hydrogen-bond donors (Lipinski definition) is 0. The number of halogens is 1. The maximum absolute atomic E-state index is 6.39. The summed E-state index contributed by atoms with van der Waals surface area (Å²) >= 11 is 6.39. The fourth-order valence-corrected chi connectivity index (χ4v) is 2.27. The zero-order valence-corrected chi connectivity index (χ0v) is 9.62. The van der Waals surface area contributed by atoms with Crippen molar-refractivity contribution in [2.24, 2.45) is 0 Å². The van der Waals surface area contributed by atoms with E-state index in [1.54, 1.807) is 0 Å².